The molecule has 5 nitrogen and oxygen atoms in total. The number of amides is 1. The molecule has 0 spiro atoms. The summed E-state index contributed by atoms with van der Waals surface area (Å²) in [5.41, 5.74) is 2.00. The Morgan fingerprint density at radius 3 is 2.16 bits per heavy atom. The molecule has 0 saturated heterocycles. The highest BCUT2D eigenvalue weighted by Gasteiger charge is 2.13. The summed E-state index contributed by atoms with van der Waals surface area (Å²) in [5.74, 6) is -2.38. The Morgan fingerprint density at radius 1 is 0.806 bits per heavy atom. The SMILES string of the molecule is O=C(CCc1ccc(S(=O)(=O)NCCc2ccccc2)cc1)Nc1ccc(F)c(F)c1. The largest absolute Gasteiger partial charge is 0.326 e. The molecule has 3 aromatic rings. The Balaban J connectivity index is 1.49. The molecule has 3 rings (SSSR count). The molecule has 0 heterocycles. The molecule has 0 aliphatic heterocycles. The number of anilines is 1. The third-order valence-electron chi connectivity index (χ3n) is 4.63. The molecule has 1 amide bonds. The van der Waals surface area contributed by atoms with Crippen LogP contribution in [0.1, 0.15) is 17.5 Å². The van der Waals surface area contributed by atoms with E-state index in [4.69, 9.17) is 0 Å². The van der Waals surface area contributed by atoms with Crippen LogP contribution in [0, 0.1) is 11.6 Å². The zero-order valence-corrected chi connectivity index (χ0v) is 17.5. The number of nitrogens with one attached hydrogen (secondary N) is 2. The van der Waals surface area contributed by atoms with Crippen molar-refractivity contribution in [2.24, 2.45) is 0 Å². The second-order valence-corrected chi connectivity index (χ2v) is 8.72. The van der Waals surface area contributed by atoms with E-state index in [1.807, 2.05) is 30.3 Å². The van der Waals surface area contributed by atoms with Crippen LogP contribution in [0.5, 0.6) is 0 Å². The average Bonchev–Trinajstić information content (AvgIpc) is 2.76. The number of hydrogen-bond donors (Lipinski definition) is 2. The molecule has 0 saturated carbocycles. The minimum atomic E-state index is -3.62. The Bertz CT molecular complexity index is 1140. The molecule has 3 aromatic carbocycles. The zero-order valence-electron chi connectivity index (χ0n) is 16.6. The van der Waals surface area contributed by atoms with Gasteiger partial charge in [-0.3, -0.25) is 4.79 Å². The summed E-state index contributed by atoms with van der Waals surface area (Å²) < 4.78 is 53.6. The van der Waals surface area contributed by atoms with Crippen molar-refractivity contribution in [1.29, 1.82) is 0 Å². The summed E-state index contributed by atoms with van der Waals surface area (Å²) in [5, 5.41) is 2.50. The van der Waals surface area contributed by atoms with Crippen molar-refractivity contribution >= 4 is 21.6 Å². The van der Waals surface area contributed by atoms with E-state index in [0.29, 0.717) is 12.8 Å². The van der Waals surface area contributed by atoms with Gasteiger partial charge in [0.25, 0.3) is 0 Å². The molecule has 31 heavy (non-hydrogen) atoms. The van der Waals surface area contributed by atoms with Gasteiger partial charge < -0.3 is 5.32 Å². The van der Waals surface area contributed by atoms with Crippen LogP contribution in [-0.2, 0) is 27.7 Å². The Labute approximate surface area is 180 Å². The van der Waals surface area contributed by atoms with Gasteiger partial charge in [0.2, 0.25) is 15.9 Å². The second kappa shape index (κ2) is 10.3. The maximum absolute atomic E-state index is 13.2. The quantitative estimate of drug-likeness (QED) is 0.523. The lowest BCUT2D eigenvalue weighted by atomic mass is 10.1. The summed E-state index contributed by atoms with van der Waals surface area (Å²) in [6.45, 7) is 0.290. The van der Waals surface area contributed by atoms with Crippen molar-refractivity contribution in [2.45, 2.75) is 24.2 Å². The Hall–Kier alpha value is -3.10. The molecule has 0 bridgehead atoms. The summed E-state index contributed by atoms with van der Waals surface area (Å²) in [6, 6.07) is 19.0. The number of carbonyl (C=O) groups excluding carboxylic acids is 1. The number of hydrogen-bond acceptors (Lipinski definition) is 3. The minimum absolute atomic E-state index is 0.112. The smallest absolute Gasteiger partial charge is 0.240 e. The van der Waals surface area contributed by atoms with E-state index in [1.54, 1.807) is 12.1 Å². The van der Waals surface area contributed by atoms with Crippen LogP contribution in [0.4, 0.5) is 14.5 Å². The standard InChI is InChI=1S/C23H22F2N2O3S/c24-21-12-9-19(16-22(21)25)27-23(28)13-8-18-6-10-20(11-7-18)31(29,30)26-15-14-17-4-2-1-3-5-17/h1-7,9-12,16,26H,8,13-15H2,(H,27,28). The van der Waals surface area contributed by atoms with Gasteiger partial charge in [0.1, 0.15) is 0 Å². The van der Waals surface area contributed by atoms with Gasteiger partial charge in [0, 0.05) is 24.7 Å². The van der Waals surface area contributed by atoms with Crippen LogP contribution in [-0.4, -0.2) is 20.9 Å². The highest BCUT2D eigenvalue weighted by molar-refractivity contribution is 7.89. The van der Waals surface area contributed by atoms with Crippen LogP contribution < -0.4 is 10.0 Å². The maximum Gasteiger partial charge on any atom is 0.240 e. The van der Waals surface area contributed by atoms with Gasteiger partial charge in [-0.15, -0.1) is 0 Å². The molecule has 0 aromatic heterocycles. The van der Waals surface area contributed by atoms with E-state index in [0.717, 1.165) is 23.3 Å². The molecule has 0 atom stereocenters. The van der Waals surface area contributed by atoms with E-state index in [9.17, 15) is 22.0 Å². The lowest BCUT2D eigenvalue weighted by Gasteiger charge is -2.08. The fraction of sp³-hybridized carbons (Fsp3) is 0.174. The molecule has 0 aliphatic rings. The molecular formula is C23H22F2N2O3S. The van der Waals surface area contributed by atoms with Crippen molar-refractivity contribution in [3.63, 3.8) is 0 Å². The van der Waals surface area contributed by atoms with E-state index in [-0.39, 0.29) is 29.5 Å². The van der Waals surface area contributed by atoms with Crippen molar-refractivity contribution < 1.29 is 22.0 Å². The predicted octanol–water partition coefficient (Wildman–Crippen LogP) is 4.06. The first-order valence-electron chi connectivity index (χ1n) is 9.71. The molecule has 0 aliphatic carbocycles. The number of sulfonamides is 1. The van der Waals surface area contributed by atoms with Crippen molar-refractivity contribution in [3.8, 4) is 0 Å². The molecule has 162 valence electrons. The fourth-order valence-corrected chi connectivity index (χ4v) is 3.98. The average molecular weight is 445 g/mol. The summed E-state index contributed by atoms with van der Waals surface area (Å²) in [7, 11) is -3.62. The third-order valence-corrected chi connectivity index (χ3v) is 6.10. The van der Waals surface area contributed by atoms with Gasteiger partial charge in [-0.05, 0) is 48.2 Å². The fourth-order valence-electron chi connectivity index (χ4n) is 2.95. The number of carbonyl (C=O) groups is 1. The topological polar surface area (TPSA) is 75.3 Å². The molecule has 8 heteroatoms. The number of halogens is 2. The van der Waals surface area contributed by atoms with Gasteiger partial charge in [-0.1, -0.05) is 42.5 Å². The van der Waals surface area contributed by atoms with Crippen molar-refractivity contribution in [2.75, 3.05) is 11.9 Å². The predicted molar refractivity (Wildman–Crippen MR) is 115 cm³/mol. The summed E-state index contributed by atoms with van der Waals surface area (Å²) in [4.78, 5) is 12.2. The molecule has 2 N–H and O–H groups in total. The maximum atomic E-state index is 13.2. The number of rotatable bonds is 9. The van der Waals surface area contributed by atoms with Gasteiger partial charge in [-0.2, -0.15) is 0 Å². The van der Waals surface area contributed by atoms with Crippen LogP contribution in [0.25, 0.3) is 0 Å². The monoisotopic (exact) mass is 444 g/mol. The summed E-state index contributed by atoms with van der Waals surface area (Å²) in [6.07, 6.45) is 1.07. The first-order valence-corrected chi connectivity index (χ1v) is 11.2. The first kappa shape index (κ1) is 22.6. The van der Waals surface area contributed by atoms with Gasteiger partial charge in [-0.25, -0.2) is 21.9 Å². The lowest BCUT2D eigenvalue weighted by Crippen LogP contribution is -2.26. The lowest BCUT2D eigenvalue weighted by molar-refractivity contribution is -0.116. The van der Waals surface area contributed by atoms with Crippen LogP contribution in [0.2, 0.25) is 0 Å². The molecule has 0 unspecified atom stereocenters. The second-order valence-electron chi connectivity index (χ2n) is 6.95. The third kappa shape index (κ3) is 6.70. The van der Waals surface area contributed by atoms with Crippen LogP contribution in [0.3, 0.4) is 0 Å². The van der Waals surface area contributed by atoms with E-state index in [1.165, 1.54) is 18.2 Å². The van der Waals surface area contributed by atoms with E-state index in [2.05, 4.69) is 10.0 Å². The zero-order chi connectivity index (χ0) is 22.3. The number of aryl methyl sites for hydroxylation is 1. The Morgan fingerprint density at radius 2 is 1.48 bits per heavy atom. The number of benzene rings is 3. The van der Waals surface area contributed by atoms with Gasteiger partial charge >= 0.3 is 0 Å². The van der Waals surface area contributed by atoms with Gasteiger partial charge in [0.15, 0.2) is 11.6 Å². The molecular weight excluding hydrogens is 422 g/mol. The van der Waals surface area contributed by atoms with Crippen LogP contribution >= 0.6 is 0 Å². The van der Waals surface area contributed by atoms with Crippen LogP contribution in [0.15, 0.2) is 77.7 Å². The minimum Gasteiger partial charge on any atom is -0.326 e. The van der Waals surface area contributed by atoms with E-state index < -0.39 is 21.7 Å². The van der Waals surface area contributed by atoms with E-state index >= 15 is 0 Å². The molecule has 0 radical (unpaired) electrons. The summed E-state index contributed by atoms with van der Waals surface area (Å²) >= 11 is 0. The van der Waals surface area contributed by atoms with Gasteiger partial charge in [0.05, 0.1) is 4.90 Å². The normalized spacial score (nSPS) is 11.3. The van der Waals surface area contributed by atoms with Crippen molar-refractivity contribution in [1.82, 2.24) is 4.72 Å². The highest BCUT2D eigenvalue weighted by atomic mass is 32.2. The van der Waals surface area contributed by atoms with Crippen molar-refractivity contribution in [3.05, 3.63) is 95.6 Å². The Kier molecular flexibility index (Phi) is 7.49. The highest BCUT2D eigenvalue weighted by Crippen LogP contribution is 2.15. The molecule has 0 fully saturated rings. The first-order chi connectivity index (χ1) is 14.8.